The van der Waals surface area contributed by atoms with Crippen molar-refractivity contribution in [1.29, 1.82) is 10.8 Å². The maximum Gasteiger partial charge on any atom is 0.458 e. The van der Waals surface area contributed by atoms with Crippen molar-refractivity contribution in [3.63, 3.8) is 0 Å². The Bertz CT molecular complexity index is 1040. The Morgan fingerprint density at radius 3 is 1.95 bits per heavy atom. The molecule has 0 bridgehead atoms. The molecule has 0 saturated carbocycles. The predicted molar refractivity (Wildman–Crippen MR) is 120 cm³/mol. The van der Waals surface area contributed by atoms with Crippen LogP contribution in [-0.4, -0.2) is 77.9 Å². The first kappa shape index (κ1) is 32.2. The first-order valence-electron chi connectivity index (χ1n) is 10.8. The van der Waals surface area contributed by atoms with Gasteiger partial charge in [-0.15, -0.1) is 0 Å². The van der Waals surface area contributed by atoms with Crippen molar-refractivity contribution >= 4 is 29.2 Å². The number of nitrogens with two attached hydrogens (primary N) is 1. The van der Waals surface area contributed by atoms with E-state index in [1.165, 1.54) is 18.2 Å². The smallest absolute Gasteiger partial charge is 0.458 e. The standard InChI is InChI=1S/C18H26N4O4.C4F6O2/c1-12(19)22-7-5-18(2,6-8-22)17(24)26-10-9-25-15-11-13(16(20)21)3-4-14(15)23;5-3(6,7)1(11)2(12)4(8,9)10/h3-4,11,19,23H,5-10H2,1-2H3,(H3,20,21);. The first-order chi connectivity index (χ1) is 17.3. The normalized spacial score (nSPS) is 15.0. The van der Waals surface area contributed by atoms with Gasteiger partial charge in [0.1, 0.15) is 19.0 Å². The third kappa shape index (κ3) is 9.23. The quantitative estimate of drug-likeness (QED) is 0.0993. The molecule has 38 heavy (non-hydrogen) atoms. The molecule has 1 aromatic rings. The SMILES string of the molecule is CC(=N)N1CCC(C)(C(=O)OCCOc2cc(C(=N)N)ccc2O)CC1.O=C(C(=O)C(F)(F)F)C(F)(F)F. The number of nitrogens with zero attached hydrogens (tertiary/aromatic N) is 1. The molecule has 0 amide bonds. The minimum atomic E-state index is -5.77. The number of aromatic hydroxyl groups is 1. The number of phenolic OH excluding ortho intramolecular Hbond substituents is 1. The van der Waals surface area contributed by atoms with E-state index in [2.05, 4.69) is 0 Å². The molecule has 0 aromatic heterocycles. The molecule has 1 heterocycles. The lowest BCUT2D eigenvalue weighted by Gasteiger charge is -2.38. The van der Waals surface area contributed by atoms with Crippen molar-refractivity contribution in [3.05, 3.63) is 23.8 Å². The average Bonchev–Trinajstić information content (AvgIpc) is 2.81. The molecular weight excluding hydrogens is 530 g/mol. The maximum atomic E-state index is 12.4. The summed E-state index contributed by atoms with van der Waals surface area (Å²) in [5.74, 6) is -6.57. The van der Waals surface area contributed by atoms with Crippen LogP contribution in [0.4, 0.5) is 26.3 Å². The highest BCUT2D eigenvalue weighted by molar-refractivity contribution is 6.41. The van der Waals surface area contributed by atoms with Crippen LogP contribution in [0.25, 0.3) is 0 Å². The van der Waals surface area contributed by atoms with Crippen LogP contribution in [0, 0.1) is 16.2 Å². The average molecular weight is 556 g/mol. The lowest BCUT2D eigenvalue weighted by molar-refractivity contribution is -0.193. The fourth-order valence-electron chi connectivity index (χ4n) is 3.05. The summed E-state index contributed by atoms with van der Waals surface area (Å²) in [6.07, 6.45) is -10.3. The van der Waals surface area contributed by atoms with Gasteiger partial charge in [0.05, 0.1) is 11.3 Å². The van der Waals surface area contributed by atoms with E-state index in [4.69, 9.17) is 26.0 Å². The van der Waals surface area contributed by atoms with Crippen molar-refractivity contribution in [2.75, 3.05) is 26.3 Å². The summed E-state index contributed by atoms with van der Waals surface area (Å²) in [7, 11) is 0. The number of piperidine rings is 1. The number of ether oxygens (including phenoxy) is 2. The van der Waals surface area contributed by atoms with Crippen molar-refractivity contribution in [2.24, 2.45) is 11.1 Å². The molecule has 1 aliphatic rings. The van der Waals surface area contributed by atoms with Gasteiger partial charge in [-0.05, 0) is 44.9 Å². The summed E-state index contributed by atoms with van der Waals surface area (Å²) < 4.78 is 77.7. The van der Waals surface area contributed by atoms with Gasteiger partial charge in [0.25, 0.3) is 0 Å². The minimum absolute atomic E-state index is 0.0610. The highest BCUT2D eigenvalue weighted by atomic mass is 19.4. The van der Waals surface area contributed by atoms with Crippen molar-refractivity contribution < 1.29 is 55.3 Å². The van der Waals surface area contributed by atoms with Gasteiger partial charge in [0.2, 0.25) is 0 Å². The number of hydrogen-bond acceptors (Lipinski definition) is 8. The summed E-state index contributed by atoms with van der Waals surface area (Å²) in [6, 6.07) is 4.39. The molecule has 1 saturated heterocycles. The summed E-state index contributed by atoms with van der Waals surface area (Å²) in [6.45, 7) is 5.12. The number of nitrogen functional groups attached to an aromatic ring is 1. The van der Waals surface area contributed by atoms with Crippen molar-refractivity contribution in [1.82, 2.24) is 4.90 Å². The number of rotatable bonds is 7. The molecule has 0 atom stereocenters. The Hall–Kier alpha value is -3.85. The number of ketones is 2. The number of alkyl halides is 6. The van der Waals surface area contributed by atoms with E-state index in [0.717, 1.165) is 0 Å². The number of likely N-dealkylation sites (tertiary alicyclic amines) is 1. The second-order valence-electron chi connectivity index (χ2n) is 8.37. The van der Waals surface area contributed by atoms with E-state index < -0.39 is 29.3 Å². The summed E-state index contributed by atoms with van der Waals surface area (Å²) in [4.78, 5) is 33.6. The highest BCUT2D eigenvalue weighted by Gasteiger charge is 2.54. The monoisotopic (exact) mass is 556 g/mol. The van der Waals surface area contributed by atoms with E-state index in [-0.39, 0.29) is 36.5 Å². The van der Waals surface area contributed by atoms with Crippen molar-refractivity contribution in [3.8, 4) is 11.5 Å². The lowest BCUT2D eigenvalue weighted by atomic mass is 9.80. The van der Waals surface area contributed by atoms with Crippen LogP contribution < -0.4 is 10.5 Å². The summed E-state index contributed by atoms with van der Waals surface area (Å²) in [5, 5.41) is 24.8. The van der Waals surface area contributed by atoms with Crippen molar-refractivity contribution in [2.45, 2.75) is 39.0 Å². The fraction of sp³-hybridized carbons (Fsp3) is 0.500. The van der Waals surface area contributed by atoms with Gasteiger partial charge in [0.15, 0.2) is 11.5 Å². The number of carbonyl (C=O) groups excluding carboxylic acids is 3. The number of Topliss-reactive ketones (excluding diaryl/α,β-unsaturated/α-hetero) is 2. The third-order valence-electron chi connectivity index (χ3n) is 5.40. The number of halogens is 6. The minimum Gasteiger partial charge on any atom is -0.504 e. The Kier molecular flexibility index (Phi) is 10.7. The Balaban J connectivity index is 0.000000508. The molecule has 2 rings (SSSR count). The van der Waals surface area contributed by atoms with E-state index >= 15 is 0 Å². The molecule has 1 aromatic carbocycles. The van der Waals surface area contributed by atoms with E-state index in [1.54, 1.807) is 6.92 Å². The van der Waals surface area contributed by atoms with Crippen LogP contribution in [0.15, 0.2) is 18.2 Å². The number of esters is 1. The Morgan fingerprint density at radius 1 is 1.03 bits per heavy atom. The zero-order valence-corrected chi connectivity index (χ0v) is 20.3. The lowest BCUT2D eigenvalue weighted by Crippen LogP contribution is -2.45. The zero-order valence-electron chi connectivity index (χ0n) is 20.3. The van der Waals surface area contributed by atoms with Crippen LogP contribution in [-0.2, 0) is 19.1 Å². The number of carbonyl (C=O) groups is 3. The molecule has 0 spiro atoms. The number of nitrogens with one attached hydrogen (secondary N) is 2. The molecule has 212 valence electrons. The van der Waals surface area contributed by atoms with Crippen LogP contribution in [0.2, 0.25) is 0 Å². The second-order valence-corrected chi connectivity index (χ2v) is 8.37. The van der Waals surface area contributed by atoms with Gasteiger partial charge in [0, 0.05) is 18.7 Å². The Morgan fingerprint density at radius 2 is 1.53 bits per heavy atom. The molecule has 0 aliphatic carbocycles. The number of hydrogen-bond donors (Lipinski definition) is 4. The molecule has 0 radical (unpaired) electrons. The molecule has 10 nitrogen and oxygen atoms in total. The van der Waals surface area contributed by atoms with Gasteiger partial charge in [-0.1, -0.05) is 0 Å². The maximum absolute atomic E-state index is 12.4. The number of phenols is 1. The van der Waals surface area contributed by atoms with Crippen LogP contribution >= 0.6 is 0 Å². The third-order valence-corrected chi connectivity index (χ3v) is 5.40. The van der Waals surface area contributed by atoms with E-state index in [0.29, 0.717) is 37.3 Å². The van der Waals surface area contributed by atoms with Gasteiger partial charge >= 0.3 is 29.9 Å². The van der Waals surface area contributed by atoms with Gasteiger partial charge in [-0.3, -0.25) is 25.2 Å². The summed E-state index contributed by atoms with van der Waals surface area (Å²) in [5.41, 5.74) is 5.30. The molecular formula is C22H26F6N4O6. The number of amidine groups is 2. The second kappa shape index (κ2) is 12.6. The topological polar surface area (TPSA) is 167 Å². The number of benzene rings is 1. The van der Waals surface area contributed by atoms with Crippen LogP contribution in [0.3, 0.4) is 0 Å². The summed E-state index contributed by atoms with van der Waals surface area (Å²) >= 11 is 0. The zero-order chi connectivity index (χ0) is 29.5. The van der Waals surface area contributed by atoms with Gasteiger partial charge in [-0.2, -0.15) is 26.3 Å². The highest BCUT2D eigenvalue weighted by Crippen LogP contribution is 2.32. The largest absolute Gasteiger partial charge is 0.504 e. The first-order valence-corrected chi connectivity index (χ1v) is 10.8. The molecule has 5 N–H and O–H groups in total. The van der Waals surface area contributed by atoms with Crippen LogP contribution in [0.5, 0.6) is 11.5 Å². The Labute approximate surface area is 212 Å². The van der Waals surface area contributed by atoms with Gasteiger partial charge < -0.3 is 25.2 Å². The molecule has 1 fully saturated rings. The van der Waals surface area contributed by atoms with Gasteiger partial charge in [-0.25, -0.2) is 0 Å². The molecule has 1 aliphatic heterocycles. The molecule has 16 heteroatoms. The fourth-order valence-corrected chi connectivity index (χ4v) is 3.05. The van der Waals surface area contributed by atoms with E-state index in [1.807, 2.05) is 11.8 Å². The van der Waals surface area contributed by atoms with Crippen LogP contribution in [0.1, 0.15) is 32.3 Å². The predicted octanol–water partition coefficient (Wildman–Crippen LogP) is 2.95. The molecule has 0 unspecified atom stereocenters. The van der Waals surface area contributed by atoms with E-state index in [9.17, 15) is 45.8 Å².